The van der Waals surface area contributed by atoms with Gasteiger partial charge in [-0.25, -0.2) is 4.79 Å². The molecule has 0 aromatic heterocycles. The van der Waals surface area contributed by atoms with Gasteiger partial charge in [0.05, 0.1) is 12.6 Å². The number of benzene rings is 1. The molecule has 2 heterocycles. The number of rotatable bonds is 4. The van der Waals surface area contributed by atoms with E-state index in [4.69, 9.17) is 14.6 Å². The molecule has 0 radical (unpaired) electrons. The van der Waals surface area contributed by atoms with E-state index in [1.807, 2.05) is 30.3 Å². The minimum atomic E-state index is -1.24. The first kappa shape index (κ1) is 14.0. The maximum atomic E-state index is 12.3. The molecule has 2 fully saturated rings. The number of carboxylic acids is 1. The molecular weight excluding hydrogens is 278 g/mol. The van der Waals surface area contributed by atoms with Gasteiger partial charge in [0, 0.05) is 6.54 Å². The molecule has 0 saturated carbocycles. The third-order valence-electron chi connectivity index (χ3n) is 3.74. The van der Waals surface area contributed by atoms with Crippen LogP contribution in [0.2, 0.25) is 0 Å². The lowest BCUT2D eigenvalue weighted by Gasteiger charge is -2.37. The highest BCUT2D eigenvalue weighted by Crippen LogP contribution is 2.32. The Kier molecular flexibility index (Phi) is 3.62. The number of nitrogens with zero attached hydrogens (tertiary/aromatic N) is 1. The second kappa shape index (κ2) is 5.44. The predicted octanol–water partition coefficient (Wildman–Crippen LogP) is -0.416. The molecular formula is C14H15NO6. The van der Waals surface area contributed by atoms with E-state index in [0.717, 1.165) is 5.56 Å². The molecule has 21 heavy (non-hydrogen) atoms. The lowest BCUT2D eigenvalue weighted by Crippen LogP contribution is -2.57. The number of fused-ring (bicyclic) bond motifs is 2. The van der Waals surface area contributed by atoms with Gasteiger partial charge in [-0.15, -0.1) is 0 Å². The van der Waals surface area contributed by atoms with E-state index in [1.165, 1.54) is 4.90 Å². The van der Waals surface area contributed by atoms with Crippen LogP contribution < -0.4 is 0 Å². The molecule has 0 unspecified atom stereocenters. The number of ether oxygens (including phenoxy) is 2. The van der Waals surface area contributed by atoms with Crippen molar-refractivity contribution in [1.82, 2.24) is 4.90 Å². The highest BCUT2D eigenvalue weighted by Gasteiger charge is 2.55. The number of aliphatic hydroxyl groups excluding tert-OH is 1. The summed E-state index contributed by atoms with van der Waals surface area (Å²) in [6.45, 7) is -0.111. The van der Waals surface area contributed by atoms with Crippen molar-refractivity contribution in [2.45, 2.75) is 31.1 Å². The first-order chi connectivity index (χ1) is 10.1. The lowest BCUT2D eigenvalue weighted by atomic mass is 10.0. The fourth-order valence-corrected chi connectivity index (χ4v) is 2.72. The van der Waals surface area contributed by atoms with Crippen molar-refractivity contribution in [3.63, 3.8) is 0 Å². The third-order valence-corrected chi connectivity index (χ3v) is 3.74. The van der Waals surface area contributed by atoms with E-state index in [0.29, 0.717) is 0 Å². The van der Waals surface area contributed by atoms with E-state index in [9.17, 15) is 14.7 Å². The Morgan fingerprint density at radius 2 is 1.95 bits per heavy atom. The van der Waals surface area contributed by atoms with Crippen LogP contribution in [0.25, 0.3) is 0 Å². The summed E-state index contributed by atoms with van der Waals surface area (Å²) >= 11 is 0. The zero-order valence-electron chi connectivity index (χ0n) is 11.1. The number of hydrogen-bond donors (Lipinski definition) is 2. The Balaban J connectivity index is 1.86. The number of carbonyl (C=O) groups is 2. The molecule has 3 rings (SSSR count). The number of carboxylic acid groups (broad SMARTS) is 1. The third kappa shape index (κ3) is 2.39. The maximum Gasteiger partial charge on any atom is 0.335 e. The highest BCUT2D eigenvalue weighted by molar-refractivity contribution is 5.83. The number of aliphatic hydroxyl groups is 1. The molecule has 1 aromatic carbocycles. The molecule has 2 aliphatic rings. The van der Waals surface area contributed by atoms with Crippen molar-refractivity contribution in [1.29, 1.82) is 0 Å². The minimum Gasteiger partial charge on any atom is -0.479 e. The van der Waals surface area contributed by atoms with Gasteiger partial charge in [0.2, 0.25) is 6.29 Å². The smallest absolute Gasteiger partial charge is 0.335 e. The van der Waals surface area contributed by atoms with Gasteiger partial charge in [-0.3, -0.25) is 4.79 Å². The van der Waals surface area contributed by atoms with Crippen LogP contribution in [-0.4, -0.2) is 58.1 Å². The summed E-state index contributed by atoms with van der Waals surface area (Å²) in [7, 11) is 0. The number of morpholine rings is 1. The normalized spacial score (nSPS) is 31.5. The average molecular weight is 293 g/mol. The first-order valence-corrected chi connectivity index (χ1v) is 6.61. The summed E-state index contributed by atoms with van der Waals surface area (Å²) in [6.07, 6.45) is -3.31. The summed E-state index contributed by atoms with van der Waals surface area (Å²) in [5.74, 6) is -1.66. The molecule has 2 bridgehead atoms. The zero-order valence-corrected chi connectivity index (χ0v) is 11.1. The van der Waals surface area contributed by atoms with Gasteiger partial charge < -0.3 is 24.6 Å². The van der Waals surface area contributed by atoms with Crippen molar-refractivity contribution >= 4 is 11.9 Å². The van der Waals surface area contributed by atoms with Crippen LogP contribution in [0.4, 0.5) is 0 Å². The largest absolute Gasteiger partial charge is 0.479 e. The molecule has 2 N–H and O–H groups in total. The number of carbonyl (C=O) groups excluding carboxylic acids is 1. The Morgan fingerprint density at radius 1 is 1.24 bits per heavy atom. The lowest BCUT2D eigenvalue weighted by molar-refractivity contribution is -0.181. The van der Waals surface area contributed by atoms with Gasteiger partial charge in [-0.2, -0.15) is 0 Å². The van der Waals surface area contributed by atoms with Crippen LogP contribution >= 0.6 is 0 Å². The van der Waals surface area contributed by atoms with Crippen molar-refractivity contribution in [3.05, 3.63) is 35.9 Å². The average Bonchev–Trinajstić information content (AvgIpc) is 2.88. The second-order valence-corrected chi connectivity index (χ2v) is 5.03. The summed E-state index contributed by atoms with van der Waals surface area (Å²) in [6, 6.07) is 8.53. The summed E-state index contributed by atoms with van der Waals surface area (Å²) in [5.41, 5.74) is 0.887. The van der Waals surface area contributed by atoms with Crippen molar-refractivity contribution in [2.75, 3.05) is 6.61 Å². The second-order valence-electron chi connectivity index (χ2n) is 5.03. The van der Waals surface area contributed by atoms with Gasteiger partial charge >= 0.3 is 5.97 Å². The number of amides is 1. The van der Waals surface area contributed by atoms with E-state index < -0.39 is 36.4 Å². The van der Waals surface area contributed by atoms with Crippen LogP contribution in [0.1, 0.15) is 5.56 Å². The minimum absolute atomic E-state index is 0.275. The maximum absolute atomic E-state index is 12.3. The van der Waals surface area contributed by atoms with E-state index in [2.05, 4.69) is 0 Å². The Hall–Kier alpha value is -1.96. The summed E-state index contributed by atoms with van der Waals surface area (Å²) in [5, 5.41) is 18.7. The quantitative estimate of drug-likeness (QED) is 0.783. The van der Waals surface area contributed by atoms with E-state index >= 15 is 0 Å². The molecule has 1 amide bonds. The molecule has 4 atom stereocenters. The van der Waals surface area contributed by atoms with Gasteiger partial charge in [0.15, 0.2) is 6.10 Å². The van der Waals surface area contributed by atoms with E-state index in [-0.39, 0.29) is 13.2 Å². The van der Waals surface area contributed by atoms with Gasteiger partial charge in [0.25, 0.3) is 5.91 Å². The topological polar surface area (TPSA) is 96.3 Å². The standard InChI is InChI=1S/C14H15NO6/c16-7-9-10-11(13(18)19)21-14(20-10)12(17)15(9)6-8-4-2-1-3-5-8/h1-5,9-11,14,16H,6-7H2,(H,18,19)/t9-,10+,11+,14-/m1/s1. The van der Waals surface area contributed by atoms with Crippen molar-refractivity contribution in [3.8, 4) is 0 Å². The van der Waals surface area contributed by atoms with Crippen molar-refractivity contribution in [2.24, 2.45) is 0 Å². The van der Waals surface area contributed by atoms with Gasteiger partial charge in [-0.05, 0) is 5.56 Å². The first-order valence-electron chi connectivity index (χ1n) is 6.61. The molecule has 0 spiro atoms. The summed E-state index contributed by atoms with van der Waals surface area (Å²) in [4.78, 5) is 24.9. The zero-order chi connectivity index (χ0) is 15.0. The Morgan fingerprint density at radius 3 is 2.57 bits per heavy atom. The molecule has 1 aromatic rings. The van der Waals surface area contributed by atoms with Crippen LogP contribution in [0.15, 0.2) is 30.3 Å². The molecule has 2 aliphatic heterocycles. The fraction of sp³-hybridized carbons (Fsp3) is 0.429. The SMILES string of the molecule is O=C(O)[C@H]1O[C@H]2O[C@H]1[C@@H](CO)N(Cc1ccccc1)C2=O. The molecule has 7 heteroatoms. The molecule has 7 nitrogen and oxygen atoms in total. The van der Waals surface area contributed by atoms with Gasteiger partial charge in [0.1, 0.15) is 6.10 Å². The van der Waals surface area contributed by atoms with E-state index in [1.54, 1.807) is 0 Å². The number of aliphatic carboxylic acids is 1. The highest BCUT2D eigenvalue weighted by atomic mass is 16.7. The number of hydrogen-bond acceptors (Lipinski definition) is 5. The van der Waals surface area contributed by atoms with Crippen molar-refractivity contribution < 1.29 is 29.3 Å². The molecule has 112 valence electrons. The predicted molar refractivity (Wildman–Crippen MR) is 69.0 cm³/mol. The van der Waals surface area contributed by atoms with Gasteiger partial charge in [-0.1, -0.05) is 30.3 Å². The molecule has 2 saturated heterocycles. The van der Waals surface area contributed by atoms with Crippen LogP contribution in [0.3, 0.4) is 0 Å². The van der Waals surface area contributed by atoms with Crippen LogP contribution in [0, 0.1) is 0 Å². The fourth-order valence-electron chi connectivity index (χ4n) is 2.72. The Labute approximate surface area is 120 Å². The molecule has 0 aliphatic carbocycles. The van der Waals surface area contributed by atoms with Crippen LogP contribution in [-0.2, 0) is 25.6 Å². The monoisotopic (exact) mass is 293 g/mol. The summed E-state index contributed by atoms with van der Waals surface area (Å²) < 4.78 is 10.4. The van der Waals surface area contributed by atoms with Crippen LogP contribution in [0.5, 0.6) is 0 Å². The Bertz CT molecular complexity index is 548.